The highest BCUT2D eigenvalue weighted by atomic mass is 16.5. The molecule has 1 aromatic carbocycles. The maximum atomic E-state index is 12.4. The summed E-state index contributed by atoms with van der Waals surface area (Å²) in [5.41, 5.74) is 1.99. The first-order chi connectivity index (χ1) is 16.5. The summed E-state index contributed by atoms with van der Waals surface area (Å²) in [4.78, 5) is 40.2. The van der Waals surface area contributed by atoms with Crippen LogP contribution < -0.4 is 10.2 Å². The van der Waals surface area contributed by atoms with Gasteiger partial charge in [0, 0.05) is 50.0 Å². The Labute approximate surface area is 202 Å². The summed E-state index contributed by atoms with van der Waals surface area (Å²) in [6.07, 6.45) is 6.64. The third kappa shape index (κ3) is 5.78. The number of amides is 2. The molecule has 8 heteroatoms. The molecule has 186 valence electrons. The molecule has 0 spiro atoms. The first kappa shape index (κ1) is 24.7. The number of likely N-dealkylation sites (N-methyl/N-ethyl adjacent to an activating group) is 1. The summed E-state index contributed by atoms with van der Waals surface area (Å²) in [6.45, 7) is 7.29. The number of benzene rings is 1. The quantitative estimate of drug-likeness (QED) is 0.663. The number of rotatable bonds is 5. The number of fused-ring (bicyclic) bond motifs is 1. The Hall–Kier alpha value is -2.45. The normalized spacial score (nSPS) is 26.1. The van der Waals surface area contributed by atoms with Crippen molar-refractivity contribution in [3.63, 3.8) is 0 Å². The standard InChI is InChI=1S/C19H29N3O.C7H9NO3/c1-15(16-5-3-4-6-16)20-19(23)17-7-9-18(10-8-17)22-13-11-21(2)12-14-22;9-4-8-2-1-6-7(8)5(10)3-11-6/h7-10,15-16H,3-6,11-14H2,1-2H3,(H,20,23);4,6-7H,1-3H2. The molecule has 3 heterocycles. The van der Waals surface area contributed by atoms with Crippen LogP contribution in [0, 0.1) is 5.92 Å². The molecule has 5 rings (SSSR count). The molecule has 1 aromatic rings. The van der Waals surface area contributed by atoms with E-state index in [1.807, 2.05) is 12.1 Å². The van der Waals surface area contributed by atoms with E-state index in [-0.39, 0.29) is 36.5 Å². The minimum atomic E-state index is -0.271. The number of carbonyl (C=O) groups excluding carboxylic acids is 3. The lowest BCUT2D eigenvalue weighted by atomic mass is 9.99. The predicted octanol–water partition coefficient (Wildman–Crippen LogP) is 1.93. The average Bonchev–Trinajstić information content (AvgIpc) is 3.60. The van der Waals surface area contributed by atoms with Crippen molar-refractivity contribution in [2.45, 2.75) is 57.2 Å². The van der Waals surface area contributed by atoms with Crippen LogP contribution in [0.4, 0.5) is 5.69 Å². The molecule has 3 atom stereocenters. The summed E-state index contributed by atoms with van der Waals surface area (Å²) in [5, 5.41) is 3.18. The molecule has 34 heavy (non-hydrogen) atoms. The van der Waals surface area contributed by atoms with Crippen molar-refractivity contribution in [2.75, 3.05) is 51.3 Å². The van der Waals surface area contributed by atoms with Gasteiger partial charge in [-0.25, -0.2) is 0 Å². The van der Waals surface area contributed by atoms with Crippen molar-refractivity contribution in [2.24, 2.45) is 5.92 Å². The molecule has 0 bridgehead atoms. The first-order valence-electron chi connectivity index (χ1n) is 12.7. The number of likely N-dealkylation sites (tertiary alicyclic amines) is 1. The number of hydrogen-bond donors (Lipinski definition) is 1. The van der Waals surface area contributed by atoms with Crippen LogP contribution in [-0.4, -0.2) is 92.5 Å². The van der Waals surface area contributed by atoms with E-state index >= 15 is 0 Å². The second-order valence-corrected chi connectivity index (χ2v) is 10.0. The van der Waals surface area contributed by atoms with Gasteiger partial charge < -0.3 is 24.8 Å². The molecule has 3 unspecified atom stereocenters. The van der Waals surface area contributed by atoms with Gasteiger partial charge in [0.15, 0.2) is 5.78 Å². The molecule has 8 nitrogen and oxygen atoms in total. The van der Waals surface area contributed by atoms with E-state index in [1.54, 1.807) is 0 Å². The molecule has 2 amide bonds. The molecule has 1 N–H and O–H groups in total. The lowest BCUT2D eigenvalue weighted by molar-refractivity contribution is -0.127. The molecule has 3 saturated heterocycles. The SMILES string of the molecule is CC(NC(=O)c1ccc(N2CCN(C)CC2)cc1)C1CCCC1.O=CN1CCC2OCC(=O)C21. The Morgan fingerprint density at radius 2 is 1.74 bits per heavy atom. The van der Waals surface area contributed by atoms with Gasteiger partial charge in [-0.2, -0.15) is 0 Å². The number of carbonyl (C=O) groups is 3. The highest BCUT2D eigenvalue weighted by Crippen LogP contribution is 2.28. The highest BCUT2D eigenvalue weighted by molar-refractivity contribution is 5.94. The maximum absolute atomic E-state index is 12.4. The monoisotopic (exact) mass is 470 g/mol. The van der Waals surface area contributed by atoms with Crippen LogP contribution in [0.2, 0.25) is 0 Å². The number of piperazine rings is 1. The van der Waals surface area contributed by atoms with Crippen LogP contribution in [0.3, 0.4) is 0 Å². The van der Waals surface area contributed by atoms with Crippen molar-refractivity contribution >= 4 is 23.8 Å². The third-order valence-electron chi connectivity index (χ3n) is 7.75. The fourth-order valence-corrected chi connectivity index (χ4v) is 5.50. The summed E-state index contributed by atoms with van der Waals surface area (Å²) < 4.78 is 5.17. The summed E-state index contributed by atoms with van der Waals surface area (Å²) in [7, 11) is 2.16. The van der Waals surface area contributed by atoms with E-state index in [4.69, 9.17) is 4.74 Å². The number of hydrogen-bond acceptors (Lipinski definition) is 6. The van der Waals surface area contributed by atoms with E-state index in [9.17, 15) is 14.4 Å². The molecule has 4 aliphatic rings. The minimum absolute atomic E-state index is 0.0206. The number of nitrogens with zero attached hydrogens (tertiary/aromatic N) is 3. The predicted molar refractivity (Wildman–Crippen MR) is 131 cm³/mol. The number of ether oxygens (including phenoxy) is 1. The summed E-state index contributed by atoms with van der Waals surface area (Å²) >= 11 is 0. The molecule has 3 aliphatic heterocycles. The topological polar surface area (TPSA) is 82.2 Å². The lowest BCUT2D eigenvalue weighted by Gasteiger charge is -2.34. The zero-order valence-electron chi connectivity index (χ0n) is 20.4. The molecular formula is C26H38N4O4. The van der Waals surface area contributed by atoms with Crippen LogP contribution in [0.5, 0.6) is 0 Å². The zero-order valence-corrected chi connectivity index (χ0v) is 20.4. The maximum Gasteiger partial charge on any atom is 0.251 e. The van der Waals surface area contributed by atoms with Crippen LogP contribution in [-0.2, 0) is 14.3 Å². The van der Waals surface area contributed by atoms with Gasteiger partial charge in [0.05, 0.1) is 6.10 Å². The van der Waals surface area contributed by atoms with Gasteiger partial charge in [0.25, 0.3) is 5.91 Å². The van der Waals surface area contributed by atoms with Crippen LogP contribution in [0.25, 0.3) is 0 Å². The fourth-order valence-electron chi connectivity index (χ4n) is 5.50. The van der Waals surface area contributed by atoms with Crippen LogP contribution in [0.1, 0.15) is 49.4 Å². The van der Waals surface area contributed by atoms with Crippen LogP contribution in [0.15, 0.2) is 24.3 Å². The second-order valence-electron chi connectivity index (χ2n) is 10.0. The fraction of sp³-hybridized carbons (Fsp3) is 0.654. The third-order valence-corrected chi connectivity index (χ3v) is 7.75. The number of ketones is 1. The van der Waals surface area contributed by atoms with Gasteiger partial charge in [-0.1, -0.05) is 12.8 Å². The van der Waals surface area contributed by atoms with Gasteiger partial charge >= 0.3 is 0 Å². The zero-order chi connectivity index (χ0) is 24.1. The van der Waals surface area contributed by atoms with Gasteiger partial charge in [-0.15, -0.1) is 0 Å². The smallest absolute Gasteiger partial charge is 0.251 e. The Morgan fingerprint density at radius 1 is 1.06 bits per heavy atom. The van der Waals surface area contributed by atoms with Gasteiger partial charge in [-0.05, 0) is 63.4 Å². The highest BCUT2D eigenvalue weighted by Gasteiger charge is 2.44. The molecule has 1 saturated carbocycles. The Kier molecular flexibility index (Phi) is 8.21. The summed E-state index contributed by atoms with van der Waals surface area (Å²) in [5.74, 6) is 0.762. The van der Waals surface area contributed by atoms with E-state index in [2.05, 4.69) is 41.2 Å². The second kappa shape index (κ2) is 11.3. The van der Waals surface area contributed by atoms with E-state index in [0.29, 0.717) is 12.5 Å². The van der Waals surface area contributed by atoms with E-state index in [0.717, 1.165) is 44.6 Å². The van der Waals surface area contributed by atoms with Crippen molar-refractivity contribution < 1.29 is 19.1 Å². The molecule has 1 aliphatic carbocycles. The molecular weight excluding hydrogens is 432 g/mol. The molecule has 0 aromatic heterocycles. The number of Topliss-reactive ketones (excluding diaryl/α,β-unsaturated/α-hetero) is 1. The summed E-state index contributed by atoms with van der Waals surface area (Å²) in [6, 6.07) is 8.10. The largest absolute Gasteiger partial charge is 0.369 e. The first-order valence-corrected chi connectivity index (χ1v) is 12.7. The Bertz CT molecular complexity index is 847. The van der Waals surface area contributed by atoms with Gasteiger partial charge in [0.2, 0.25) is 6.41 Å². The van der Waals surface area contributed by atoms with Crippen molar-refractivity contribution in [1.29, 1.82) is 0 Å². The van der Waals surface area contributed by atoms with Gasteiger partial charge in [-0.3, -0.25) is 14.4 Å². The lowest BCUT2D eigenvalue weighted by Crippen LogP contribution is -2.44. The van der Waals surface area contributed by atoms with E-state index in [1.165, 1.54) is 36.3 Å². The average molecular weight is 471 g/mol. The van der Waals surface area contributed by atoms with Crippen LogP contribution >= 0.6 is 0 Å². The van der Waals surface area contributed by atoms with Crippen molar-refractivity contribution in [3.8, 4) is 0 Å². The minimum Gasteiger partial charge on any atom is -0.369 e. The van der Waals surface area contributed by atoms with E-state index < -0.39 is 0 Å². The number of nitrogens with one attached hydrogen (secondary N) is 1. The molecule has 0 radical (unpaired) electrons. The van der Waals surface area contributed by atoms with Gasteiger partial charge in [0.1, 0.15) is 12.6 Å². The number of anilines is 1. The molecule has 4 fully saturated rings. The Balaban J connectivity index is 0.000000207. The Morgan fingerprint density at radius 3 is 2.38 bits per heavy atom. The van der Waals surface area contributed by atoms with Crippen molar-refractivity contribution in [3.05, 3.63) is 29.8 Å². The van der Waals surface area contributed by atoms with Crippen molar-refractivity contribution in [1.82, 2.24) is 15.1 Å².